The summed E-state index contributed by atoms with van der Waals surface area (Å²) in [5, 5.41) is 13.1. The molecule has 3 N–H and O–H groups in total. The molecular weight excluding hydrogens is 188 g/mol. The molecular formula is C8H12N2O4. The molecule has 0 bridgehead atoms. The van der Waals surface area contributed by atoms with Crippen molar-refractivity contribution in [2.24, 2.45) is 5.92 Å². The fraction of sp³-hybridized carbons (Fsp3) is 0.625. The highest BCUT2D eigenvalue weighted by Crippen LogP contribution is 2.23. The number of carboxylic acids is 1. The summed E-state index contributed by atoms with van der Waals surface area (Å²) in [6, 6.07) is -0.574. The fourth-order valence-electron chi connectivity index (χ4n) is 1.37. The molecule has 0 aromatic carbocycles. The summed E-state index contributed by atoms with van der Waals surface area (Å²) in [7, 11) is 0. The lowest BCUT2D eigenvalue weighted by atomic mass is 9.85. The molecule has 1 fully saturated rings. The Morgan fingerprint density at radius 2 is 2.14 bits per heavy atom. The Morgan fingerprint density at radius 1 is 1.57 bits per heavy atom. The lowest BCUT2D eigenvalue weighted by Gasteiger charge is -2.26. The van der Waals surface area contributed by atoms with Crippen LogP contribution in [0.5, 0.6) is 0 Å². The van der Waals surface area contributed by atoms with Gasteiger partial charge in [0.25, 0.3) is 5.91 Å². The Morgan fingerprint density at radius 3 is 2.50 bits per heavy atom. The highest BCUT2D eigenvalue weighted by Gasteiger charge is 2.46. The van der Waals surface area contributed by atoms with Gasteiger partial charge in [0.05, 0.1) is 6.42 Å². The number of hydrogen-bond acceptors (Lipinski definition) is 3. The molecule has 1 aliphatic heterocycles. The van der Waals surface area contributed by atoms with Crippen molar-refractivity contribution in [3.05, 3.63) is 0 Å². The zero-order chi connectivity index (χ0) is 10.9. The summed E-state index contributed by atoms with van der Waals surface area (Å²) in [6.07, 6.45) is -0.163. The van der Waals surface area contributed by atoms with Gasteiger partial charge >= 0.3 is 12.0 Å². The van der Waals surface area contributed by atoms with Crippen LogP contribution in [0.4, 0.5) is 4.79 Å². The number of carboxylic acid groups (broad SMARTS) is 1. The number of carbonyl (C=O) groups is 3. The fourth-order valence-corrected chi connectivity index (χ4v) is 1.37. The van der Waals surface area contributed by atoms with Gasteiger partial charge in [0.15, 0.2) is 0 Å². The normalized spacial score (nSPS) is 28.1. The maximum absolute atomic E-state index is 11.3. The SMILES string of the molecule is C[C@H](CC(=O)O)[C@]1(C)NC(=O)NC1=O. The second kappa shape index (κ2) is 3.28. The van der Waals surface area contributed by atoms with Gasteiger partial charge in [-0.25, -0.2) is 4.79 Å². The van der Waals surface area contributed by atoms with Crippen LogP contribution < -0.4 is 10.6 Å². The smallest absolute Gasteiger partial charge is 0.322 e. The van der Waals surface area contributed by atoms with Gasteiger partial charge in [-0.05, 0) is 12.8 Å². The topological polar surface area (TPSA) is 95.5 Å². The molecule has 0 unspecified atom stereocenters. The summed E-state index contributed by atoms with van der Waals surface area (Å²) >= 11 is 0. The molecule has 0 aromatic heterocycles. The summed E-state index contributed by atoms with van der Waals surface area (Å²) in [5.74, 6) is -1.92. The van der Waals surface area contributed by atoms with Crippen LogP contribution in [0.1, 0.15) is 20.3 Å². The first kappa shape index (κ1) is 10.5. The van der Waals surface area contributed by atoms with Crippen molar-refractivity contribution in [3.8, 4) is 0 Å². The summed E-state index contributed by atoms with van der Waals surface area (Å²) < 4.78 is 0. The van der Waals surface area contributed by atoms with Gasteiger partial charge in [0.2, 0.25) is 0 Å². The van der Waals surface area contributed by atoms with Crippen molar-refractivity contribution in [2.75, 3.05) is 0 Å². The van der Waals surface area contributed by atoms with Crippen LogP contribution in [0, 0.1) is 5.92 Å². The first-order valence-electron chi connectivity index (χ1n) is 4.21. The Bertz CT molecular complexity index is 302. The third kappa shape index (κ3) is 1.68. The predicted octanol–water partition coefficient (Wildman–Crippen LogP) is -0.305. The third-order valence-corrected chi connectivity index (χ3v) is 2.54. The van der Waals surface area contributed by atoms with Gasteiger partial charge in [0, 0.05) is 0 Å². The third-order valence-electron chi connectivity index (χ3n) is 2.54. The average molecular weight is 200 g/mol. The van der Waals surface area contributed by atoms with Crippen LogP contribution in [-0.2, 0) is 9.59 Å². The number of rotatable bonds is 3. The van der Waals surface area contributed by atoms with E-state index in [2.05, 4.69) is 10.6 Å². The number of aliphatic carboxylic acids is 1. The Labute approximate surface area is 80.7 Å². The summed E-state index contributed by atoms with van der Waals surface area (Å²) in [6.45, 7) is 3.13. The number of nitrogens with one attached hydrogen (secondary N) is 2. The average Bonchev–Trinajstić information content (AvgIpc) is 2.25. The van der Waals surface area contributed by atoms with Crippen molar-refractivity contribution in [3.63, 3.8) is 0 Å². The molecule has 1 rings (SSSR count). The van der Waals surface area contributed by atoms with E-state index >= 15 is 0 Å². The maximum atomic E-state index is 11.3. The van der Waals surface area contributed by atoms with E-state index in [0.717, 1.165) is 0 Å². The van der Waals surface area contributed by atoms with Crippen LogP contribution in [0.15, 0.2) is 0 Å². The van der Waals surface area contributed by atoms with Crippen LogP contribution in [0.3, 0.4) is 0 Å². The van der Waals surface area contributed by atoms with Gasteiger partial charge < -0.3 is 10.4 Å². The van der Waals surface area contributed by atoms with Crippen LogP contribution in [-0.4, -0.2) is 28.6 Å². The molecule has 1 saturated heterocycles. The number of imide groups is 1. The van der Waals surface area contributed by atoms with E-state index in [1.165, 1.54) is 6.92 Å². The van der Waals surface area contributed by atoms with Crippen LogP contribution in [0.2, 0.25) is 0 Å². The van der Waals surface area contributed by atoms with E-state index in [0.29, 0.717) is 0 Å². The van der Waals surface area contributed by atoms with Gasteiger partial charge in [-0.2, -0.15) is 0 Å². The molecule has 78 valence electrons. The number of carbonyl (C=O) groups excluding carboxylic acids is 2. The van der Waals surface area contributed by atoms with Crippen LogP contribution >= 0.6 is 0 Å². The van der Waals surface area contributed by atoms with Crippen molar-refractivity contribution in [2.45, 2.75) is 25.8 Å². The van der Waals surface area contributed by atoms with Crippen molar-refractivity contribution in [1.29, 1.82) is 0 Å². The van der Waals surface area contributed by atoms with Crippen molar-refractivity contribution >= 4 is 17.9 Å². The highest BCUT2D eigenvalue weighted by atomic mass is 16.4. The monoisotopic (exact) mass is 200 g/mol. The second-order valence-electron chi connectivity index (χ2n) is 3.61. The Hall–Kier alpha value is -1.59. The molecule has 0 radical (unpaired) electrons. The van der Waals surface area contributed by atoms with Crippen LogP contribution in [0.25, 0.3) is 0 Å². The zero-order valence-corrected chi connectivity index (χ0v) is 7.96. The lowest BCUT2D eigenvalue weighted by molar-refractivity contribution is -0.139. The summed E-state index contributed by atoms with van der Waals surface area (Å²) in [5.41, 5.74) is -1.12. The quantitative estimate of drug-likeness (QED) is 0.545. The largest absolute Gasteiger partial charge is 0.481 e. The number of urea groups is 1. The van der Waals surface area contributed by atoms with Crippen molar-refractivity contribution in [1.82, 2.24) is 10.6 Å². The minimum atomic E-state index is -1.12. The summed E-state index contributed by atoms with van der Waals surface area (Å²) in [4.78, 5) is 32.7. The lowest BCUT2D eigenvalue weighted by Crippen LogP contribution is -2.49. The van der Waals surface area contributed by atoms with Crippen molar-refractivity contribution < 1.29 is 19.5 Å². The molecule has 1 aliphatic rings. The van der Waals surface area contributed by atoms with E-state index in [9.17, 15) is 14.4 Å². The molecule has 1 heterocycles. The molecule has 6 nitrogen and oxygen atoms in total. The first-order chi connectivity index (χ1) is 6.36. The second-order valence-corrected chi connectivity index (χ2v) is 3.61. The maximum Gasteiger partial charge on any atom is 0.322 e. The highest BCUT2D eigenvalue weighted by molar-refractivity contribution is 6.07. The molecule has 6 heteroatoms. The van der Waals surface area contributed by atoms with Gasteiger partial charge in [-0.3, -0.25) is 14.9 Å². The molecule has 0 spiro atoms. The van der Waals surface area contributed by atoms with E-state index in [-0.39, 0.29) is 6.42 Å². The first-order valence-corrected chi connectivity index (χ1v) is 4.21. The van der Waals surface area contributed by atoms with E-state index in [1.807, 2.05) is 0 Å². The molecule has 0 aliphatic carbocycles. The zero-order valence-electron chi connectivity index (χ0n) is 7.96. The number of hydrogen-bond donors (Lipinski definition) is 3. The predicted molar refractivity (Wildman–Crippen MR) is 46.5 cm³/mol. The Kier molecular flexibility index (Phi) is 2.46. The van der Waals surface area contributed by atoms with Gasteiger partial charge in [-0.1, -0.05) is 6.92 Å². The van der Waals surface area contributed by atoms with Gasteiger partial charge in [-0.15, -0.1) is 0 Å². The minimum Gasteiger partial charge on any atom is -0.481 e. The minimum absolute atomic E-state index is 0.163. The van der Waals surface area contributed by atoms with E-state index < -0.39 is 29.4 Å². The molecule has 0 saturated carbocycles. The van der Waals surface area contributed by atoms with E-state index in [1.54, 1.807) is 6.92 Å². The molecule has 2 atom stereocenters. The molecule has 14 heavy (non-hydrogen) atoms. The van der Waals surface area contributed by atoms with E-state index in [4.69, 9.17) is 5.11 Å². The molecule has 0 aromatic rings. The van der Waals surface area contributed by atoms with Gasteiger partial charge in [0.1, 0.15) is 5.54 Å². The number of amides is 3. The standard InChI is InChI=1S/C8H12N2O4/c1-4(3-5(11)12)8(2)6(13)9-7(14)10-8/h4H,3H2,1-2H3,(H,11,12)(H2,9,10,13,14)/t4-,8+/m1/s1. The Balaban J connectivity index is 2.79. The molecule has 3 amide bonds.